The lowest BCUT2D eigenvalue weighted by molar-refractivity contribution is 0.0955. The molecule has 0 saturated carbocycles. The molecule has 1 N–H and O–H groups in total. The molecular weight excluding hydrogens is 398 g/mol. The summed E-state index contributed by atoms with van der Waals surface area (Å²) in [6.45, 7) is 0.643. The number of rotatable bonds is 6. The Bertz CT molecular complexity index is 1230. The van der Waals surface area contributed by atoms with Crippen molar-refractivity contribution in [3.63, 3.8) is 0 Å². The van der Waals surface area contributed by atoms with Gasteiger partial charge in [-0.25, -0.2) is 5.43 Å². The van der Waals surface area contributed by atoms with Crippen molar-refractivity contribution in [2.45, 2.75) is 6.54 Å². The number of methoxy groups -OCH3 is 1. The number of fused-ring (bicyclic) bond motifs is 1. The van der Waals surface area contributed by atoms with Gasteiger partial charge in [0.2, 0.25) is 0 Å². The number of hydrazone groups is 1. The van der Waals surface area contributed by atoms with Crippen LogP contribution < -0.4 is 10.2 Å². The monoisotopic (exact) mass is 417 g/mol. The van der Waals surface area contributed by atoms with Gasteiger partial charge in [-0.3, -0.25) is 4.79 Å². The van der Waals surface area contributed by atoms with E-state index in [0.717, 1.165) is 27.1 Å². The Morgan fingerprint density at radius 2 is 1.90 bits per heavy atom. The molecule has 4 rings (SSSR count). The molecule has 1 amide bonds. The van der Waals surface area contributed by atoms with E-state index in [1.165, 1.54) is 0 Å². The van der Waals surface area contributed by atoms with E-state index in [2.05, 4.69) is 21.2 Å². The summed E-state index contributed by atoms with van der Waals surface area (Å²) in [5.74, 6) is 0.319. The second-order valence-electron chi connectivity index (χ2n) is 6.75. The molecule has 4 aromatic rings. The lowest BCUT2D eigenvalue weighted by Gasteiger charge is -2.07. The molecule has 6 heteroatoms. The predicted molar refractivity (Wildman–Crippen MR) is 121 cm³/mol. The van der Waals surface area contributed by atoms with E-state index < -0.39 is 0 Å². The van der Waals surface area contributed by atoms with Crippen molar-refractivity contribution in [1.29, 1.82) is 0 Å². The number of nitrogens with zero attached hydrogens (tertiary/aromatic N) is 2. The first-order chi connectivity index (χ1) is 14.7. The average Bonchev–Trinajstić information content (AvgIpc) is 3.13. The summed E-state index contributed by atoms with van der Waals surface area (Å²) >= 11 is 6.33. The zero-order chi connectivity index (χ0) is 20.9. The summed E-state index contributed by atoms with van der Waals surface area (Å²) in [5.41, 5.74) is 6.07. The molecule has 0 radical (unpaired) electrons. The molecule has 0 aliphatic rings. The third kappa shape index (κ3) is 4.21. The third-order valence-electron chi connectivity index (χ3n) is 4.82. The largest absolute Gasteiger partial charge is 0.497 e. The Hall–Kier alpha value is -3.57. The first-order valence-corrected chi connectivity index (χ1v) is 9.82. The lowest BCUT2D eigenvalue weighted by atomic mass is 10.2. The van der Waals surface area contributed by atoms with Crippen molar-refractivity contribution >= 4 is 34.6 Å². The number of nitrogens with one attached hydrogen (secondary N) is 1. The number of halogens is 1. The molecule has 30 heavy (non-hydrogen) atoms. The number of para-hydroxylation sites is 1. The Labute approximate surface area is 179 Å². The molecule has 0 aliphatic heterocycles. The fourth-order valence-electron chi connectivity index (χ4n) is 3.31. The van der Waals surface area contributed by atoms with Crippen molar-refractivity contribution in [3.05, 3.63) is 101 Å². The number of aromatic nitrogens is 1. The van der Waals surface area contributed by atoms with Gasteiger partial charge in [0, 0.05) is 39.8 Å². The Balaban J connectivity index is 1.57. The summed E-state index contributed by atoms with van der Waals surface area (Å²) in [4.78, 5) is 12.4. The predicted octanol–water partition coefficient (Wildman–Crippen LogP) is 5.12. The summed E-state index contributed by atoms with van der Waals surface area (Å²) in [6.07, 6.45) is 3.67. The molecule has 150 valence electrons. The Morgan fingerprint density at radius 3 is 2.73 bits per heavy atom. The van der Waals surface area contributed by atoms with Crippen LogP contribution in [0.2, 0.25) is 5.02 Å². The van der Waals surface area contributed by atoms with Crippen LogP contribution in [0, 0.1) is 0 Å². The molecule has 0 fully saturated rings. The van der Waals surface area contributed by atoms with E-state index in [4.69, 9.17) is 16.3 Å². The fourth-order valence-corrected chi connectivity index (χ4v) is 3.50. The van der Waals surface area contributed by atoms with Gasteiger partial charge in [-0.1, -0.05) is 54.1 Å². The van der Waals surface area contributed by atoms with Gasteiger partial charge in [-0.15, -0.1) is 0 Å². The quantitative estimate of drug-likeness (QED) is 0.350. The minimum atomic E-state index is -0.301. The van der Waals surface area contributed by atoms with Gasteiger partial charge in [0.15, 0.2) is 0 Å². The van der Waals surface area contributed by atoms with Crippen molar-refractivity contribution in [1.82, 2.24) is 9.99 Å². The summed E-state index contributed by atoms with van der Waals surface area (Å²) in [5, 5.41) is 5.93. The minimum Gasteiger partial charge on any atom is -0.497 e. The molecule has 0 saturated heterocycles. The molecule has 0 aliphatic carbocycles. The Kier molecular flexibility index (Phi) is 5.82. The van der Waals surface area contributed by atoms with E-state index >= 15 is 0 Å². The third-order valence-corrected chi connectivity index (χ3v) is 5.19. The molecule has 1 aromatic heterocycles. The minimum absolute atomic E-state index is 0.301. The van der Waals surface area contributed by atoms with Crippen LogP contribution in [0.1, 0.15) is 21.5 Å². The van der Waals surface area contributed by atoms with Crippen LogP contribution >= 0.6 is 11.6 Å². The Morgan fingerprint density at radius 1 is 1.10 bits per heavy atom. The van der Waals surface area contributed by atoms with E-state index in [0.29, 0.717) is 17.9 Å². The molecule has 1 heterocycles. The first kappa shape index (κ1) is 19.7. The van der Waals surface area contributed by atoms with Gasteiger partial charge in [-0.05, 0) is 35.9 Å². The van der Waals surface area contributed by atoms with Crippen LogP contribution in [-0.4, -0.2) is 23.8 Å². The second-order valence-corrected chi connectivity index (χ2v) is 7.16. The maximum Gasteiger partial charge on any atom is 0.271 e. The maximum absolute atomic E-state index is 12.4. The van der Waals surface area contributed by atoms with E-state index in [-0.39, 0.29) is 5.91 Å². The maximum atomic E-state index is 12.4. The van der Waals surface area contributed by atoms with Gasteiger partial charge < -0.3 is 9.30 Å². The molecule has 0 unspecified atom stereocenters. The van der Waals surface area contributed by atoms with E-state index in [1.807, 2.05) is 48.7 Å². The lowest BCUT2D eigenvalue weighted by Crippen LogP contribution is -2.17. The summed E-state index contributed by atoms with van der Waals surface area (Å²) in [7, 11) is 1.56. The number of carbonyl (C=O) groups is 1. The van der Waals surface area contributed by atoms with Crippen molar-refractivity contribution in [2.24, 2.45) is 5.10 Å². The van der Waals surface area contributed by atoms with Crippen LogP contribution in [0.3, 0.4) is 0 Å². The van der Waals surface area contributed by atoms with Crippen molar-refractivity contribution in [2.75, 3.05) is 7.11 Å². The summed E-state index contributed by atoms with van der Waals surface area (Å²) in [6, 6.07) is 22.8. The number of hydrogen-bond acceptors (Lipinski definition) is 3. The van der Waals surface area contributed by atoms with Gasteiger partial charge >= 0.3 is 0 Å². The van der Waals surface area contributed by atoms with Gasteiger partial charge in [0.25, 0.3) is 5.91 Å². The van der Waals surface area contributed by atoms with E-state index in [1.54, 1.807) is 37.6 Å². The number of hydrogen-bond donors (Lipinski definition) is 1. The normalized spacial score (nSPS) is 11.1. The number of amides is 1. The number of benzene rings is 3. The zero-order valence-electron chi connectivity index (χ0n) is 16.4. The molecule has 0 atom stereocenters. The highest BCUT2D eigenvalue weighted by Crippen LogP contribution is 2.23. The van der Waals surface area contributed by atoms with Crippen LogP contribution in [0.15, 0.2) is 84.1 Å². The molecular formula is C24H20ClN3O2. The van der Waals surface area contributed by atoms with Crippen LogP contribution in [0.5, 0.6) is 5.75 Å². The molecule has 0 bridgehead atoms. The highest BCUT2D eigenvalue weighted by atomic mass is 35.5. The van der Waals surface area contributed by atoms with Gasteiger partial charge in [-0.2, -0.15) is 5.10 Å². The standard InChI is InChI=1S/C24H20ClN3O2/c1-30-20-9-6-8-17(13-20)24(29)27-26-14-19-16-28(23-12-5-3-10-21(19)23)15-18-7-2-4-11-22(18)25/h2-14,16H,15H2,1H3,(H,27,29)/b26-14-. The number of ether oxygens (including phenoxy) is 1. The highest BCUT2D eigenvalue weighted by Gasteiger charge is 2.09. The smallest absolute Gasteiger partial charge is 0.271 e. The van der Waals surface area contributed by atoms with Crippen LogP contribution in [0.25, 0.3) is 10.9 Å². The second kappa shape index (κ2) is 8.84. The average molecular weight is 418 g/mol. The fraction of sp³-hybridized carbons (Fsp3) is 0.0833. The van der Waals surface area contributed by atoms with Gasteiger partial charge in [0.05, 0.1) is 13.3 Å². The number of carbonyl (C=O) groups excluding carboxylic acids is 1. The first-order valence-electron chi connectivity index (χ1n) is 9.44. The zero-order valence-corrected chi connectivity index (χ0v) is 17.1. The van der Waals surface area contributed by atoms with Crippen molar-refractivity contribution in [3.8, 4) is 5.75 Å². The van der Waals surface area contributed by atoms with Gasteiger partial charge in [0.1, 0.15) is 5.75 Å². The molecule has 5 nitrogen and oxygen atoms in total. The van der Waals surface area contributed by atoms with Crippen LogP contribution in [0.4, 0.5) is 0 Å². The molecule has 3 aromatic carbocycles. The highest BCUT2D eigenvalue weighted by molar-refractivity contribution is 6.31. The van der Waals surface area contributed by atoms with Crippen molar-refractivity contribution < 1.29 is 9.53 Å². The SMILES string of the molecule is COc1cccc(C(=O)N/N=C\c2cn(Cc3ccccc3Cl)c3ccccc23)c1. The topological polar surface area (TPSA) is 55.6 Å². The van der Waals surface area contributed by atoms with E-state index in [9.17, 15) is 4.79 Å². The molecule has 0 spiro atoms. The summed E-state index contributed by atoms with van der Waals surface area (Å²) < 4.78 is 7.28. The van der Waals surface area contributed by atoms with Crippen LogP contribution in [-0.2, 0) is 6.54 Å².